The summed E-state index contributed by atoms with van der Waals surface area (Å²) >= 11 is 1.76. The van der Waals surface area contributed by atoms with Crippen LogP contribution in [0.25, 0.3) is 0 Å². The maximum absolute atomic E-state index is 5.90. The van der Waals surface area contributed by atoms with Crippen molar-refractivity contribution in [3.05, 3.63) is 28.6 Å². The molecule has 0 radical (unpaired) electrons. The third-order valence-electron chi connectivity index (χ3n) is 2.63. The number of aromatic nitrogens is 2. The predicted octanol–water partition coefficient (Wildman–Crippen LogP) is 3.02. The number of nitrogens with zero attached hydrogens (tertiary/aromatic N) is 2. The fourth-order valence-corrected chi connectivity index (χ4v) is 2.66. The molecule has 4 nitrogen and oxygen atoms in total. The lowest BCUT2D eigenvalue weighted by atomic mass is 10.1. The minimum Gasteiger partial charge on any atom is -0.394 e. The summed E-state index contributed by atoms with van der Waals surface area (Å²) in [6.45, 7) is 2.18. The predicted molar refractivity (Wildman–Crippen MR) is 73.2 cm³/mol. The molecule has 0 aromatic carbocycles. The van der Waals surface area contributed by atoms with Gasteiger partial charge in [-0.1, -0.05) is 19.4 Å². The Labute approximate surface area is 105 Å². The standard InChI is InChI=1S/C12H18N4S/c1-3-5-10(11-6-4-7-17-11)14-12-9(13)8-16(2)15-12/h4,6-8,10H,3,5,13H2,1-2H3,(H,14,15). The van der Waals surface area contributed by atoms with Gasteiger partial charge in [-0.3, -0.25) is 4.68 Å². The molecule has 5 heteroatoms. The van der Waals surface area contributed by atoms with Crippen LogP contribution in [0.3, 0.4) is 0 Å². The molecule has 1 unspecified atom stereocenters. The van der Waals surface area contributed by atoms with Crippen molar-refractivity contribution in [2.24, 2.45) is 7.05 Å². The van der Waals surface area contributed by atoms with E-state index < -0.39 is 0 Å². The molecule has 92 valence electrons. The highest BCUT2D eigenvalue weighted by Crippen LogP contribution is 2.28. The fourth-order valence-electron chi connectivity index (χ4n) is 1.85. The van der Waals surface area contributed by atoms with Gasteiger partial charge in [-0.15, -0.1) is 11.3 Å². The highest BCUT2D eigenvalue weighted by atomic mass is 32.1. The zero-order chi connectivity index (χ0) is 12.3. The van der Waals surface area contributed by atoms with Gasteiger partial charge < -0.3 is 11.1 Å². The molecule has 3 N–H and O–H groups in total. The van der Waals surface area contributed by atoms with Crippen LogP contribution in [0.4, 0.5) is 11.5 Å². The molecule has 2 aromatic rings. The lowest BCUT2D eigenvalue weighted by Crippen LogP contribution is -2.10. The number of nitrogen functional groups attached to an aromatic ring is 1. The average molecular weight is 250 g/mol. The number of thiophene rings is 1. The van der Waals surface area contributed by atoms with Gasteiger partial charge in [0.15, 0.2) is 5.82 Å². The van der Waals surface area contributed by atoms with E-state index >= 15 is 0 Å². The van der Waals surface area contributed by atoms with Crippen molar-refractivity contribution in [3.8, 4) is 0 Å². The molecule has 0 fully saturated rings. The first-order valence-corrected chi connectivity index (χ1v) is 6.67. The summed E-state index contributed by atoms with van der Waals surface area (Å²) in [5.74, 6) is 0.777. The maximum Gasteiger partial charge on any atom is 0.171 e. The topological polar surface area (TPSA) is 55.9 Å². The van der Waals surface area contributed by atoms with Crippen molar-refractivity contribution in [1.29, 1.82) is 0 Å². The van der Waals surface area contributed by atoms with Crippen molar-refractivity contribution in [2.45, 2.75) is 25.8 Å². The third-order valence-corrected chi connectivity index (χ3v) is 3.62. The second kappa shape index (κ2) is 5.23. The van der Waals surface area contributed by atoms with E-state index in [1.54, 1.807) is 16.0 Å². The number of nitrogens with two attached hydrogens (primary N) is 1. The number of nitrogens with one attached hydrogen (secondary N) is 1. The Balaban J connectivity index is 2.15. The van der Waals surface area contributed by atoms with Gasteiger partial charge in [-0.05, 0) is 17.9 Å². The molecule has 2 heterocycles. The lowest BCUT2D eigenvalue weighted by molar-refractivity contribution is 0.678. The molecule has 0 spiro atoms. The summed E-state index contributed by atoms with van der Waals surface area (Å²) in [5.41, 5.74) is 6.60. The van der Waals surface area contributed by atoms with Gasteiger partial charge in [-0.2, -0.15) is 5.10 Å². The smallest absolute Gasteiger partial charge is 0.171 e. The van der Waals surface area contributed by atoms with Gasteiger partial charge in [0.05, 0.1) is 11.7 Å². The van der Waals surface area contributed by atoms with E-state index in [1.165, 1.54) is 4.88 Å². The summed E-state index contributed by atoms with van der Waals surface area (Å²) in [6.07, 6.45) is 4.03. The number of anilines is 2. The van der Waals surface area contributed by atoms with Crippen LogP contribution in [0.1, 0.15) is 30.7 Å². The molecule has 0 saturated carbocycles. The highest BCUT2D eigenvalue weighted by Gasteiger charge is 2.14. The molecule has 0 aliphatic rings. The Hall–Kier alpha value is -1.49. The van der Waals surface area contributed by atoms with E-state index in [0.717, 1.165) is 18.7 Å². The molecule has 0 bridgehead atoms. The maximum atomic E-state index is 5.90. The fraction of sp³-hybridized carbons (Fsp3) is 0.417. The number of hydrogen-bond donors (Lipinski definition) is 2. The normalized spacial score (nSPS) is 12.6. The second-order valence-corrected chi connectivity index (χ2v) is 5.09. The Morgan fingerprint density at radius 2 is 2.41 bits per heavy atom. The van der Waals surface area contributed by atoms with Crippen LogP contribution in [0.5, 0.6) is 0 Å². The molecule has 2 aromatic heterocycles. The molecule has 2 rings (SSSR count). The summed E-state index contributed by atoms with van der Waals surface area (Å²) in [6, 6.07) is 4.53. The monoisotopic (exact) mass is 250 g/mol. The van der Waals surface area contributed by atoms with Gasteiger partial charge >= 0.3 is 0 Å². The van der Waals surface area contributed by atoms with Crippen LogP contribution < -0.4 is 11.1 Å². The number of hydrogen-bond acceptors (Lipinski definition) is 4. The highest BCUT2D eigenvalue weighted by molar-refractivity contribution is 7.10. The van der Waals surface area contributed by atoms with Crippen LogP contribution in [0, 0.1) is 0 Å². The lowest BCUT2D eigenvalue weighted by Gasteiger charge is -2.16. The number of rotatable bonds is 5. The van der Waals surface area contributed by atoms with Crippen LogP contribution in [-0.2, 0) is 7.05 Å². The average Bonchev–Trinajstić information content (AvgIpc) is 2.88. The molecular formula is C12H18N4S. The van der Waals surface area contributed by atoms with Crippen molar-refractivity contribution in [2.75, 3.05) is 11.1 Å². The zero-order valence-electron chi connectivity index (χ0n) is 10.2. The van der Waals surface area contributed by atoms with Gasteiger partial charge in [0, 0.05) is 18.1 Å². The van der Waals surface area contributed by atoms with Gasteiger partial charge in [0.25, 0.3) is 0 Å². The van der Waals surface area contributed by atoms with Crippen molar-refractivity contribution in [1.82, 2.24) is 9.78 Å². The second-order valence-electron chi connectivity index (χ2n) is 4.11. The van der Waals surface area contributed by atoms with E-state index in [0.29, 0.717) is 11.7 Å². The van der Waals surface area contributed by atoms with E-state index in [2.05, 4.69) is 34.9 Å². The molecule has 1 atom stereocenters. The van der Waals surface area contributed by atoms with Gasteiger partial charge in [-0.25, -0.2) is 0 Å². The quantitative estimate of drug-likeness (QED) is 0.857. The molecule has 0 aliphatic carbocycles. The van der Waals surface area contributed by atoms with Crippen LogP contribution in [0.15, 0.2) is 23.7 Å². The Morgan fingerprint density at radius 3 is 2.94 bits per heavy atom. The first kappa shape index (κ1) is 12.0. The minimum atomic E-state index is 0.303. The van der Waals surface area contributed by atoms with Crippen LogP contribution in [0.2, 0.25) is 0 Å². The SMILES string of the molecule is CCCC(Nc1nn(C)cc1N)c1cccs1. The van der Waals surface area contributed by atoms with E-state index in [1.807, 2.05) is 13.2 Å². The van der Waals surface area contributed by atoms with E-state index in [9.17, 15) is 0 Å². The molecule has 0 aliphatic heterocycles. The van der Waals surface area contributed by atoms with E-state index in [-0.39, 0.29) is 0 Å². The van der Waals surface area contributed by atoms with Gasteiger partial charge in [0.1, 0.15) is 0 Å². The Kier molecular flexibility index (Phi) is 3.68. The number of aryl methyl sites for hydroxylation is 1. The largest absolute Gasteiger partial charge is 0.394 e. The Bertz CT molecular complexity index is 461. The van der Waals surface area contributed by atoms with Crippen LogP contribution >= 0.6 is 11.3 Å². The summed E-state index contributed by atoms with van der Waals surface area (Å²) < 4.78 is 1.73. The van der Waals surface area contributed by atoms with Gasteiger partial charge in [0.2, 0.25) is 0 Å². The first-order chi connectivity index (χ1) is 8.20. The summed E-state index contributed by atoms with van der Waals surface area (Å²) in [7, 11) is 1.88. The Morgan fingerprint density at radius 1 is 1.59 bits per heavy atom. The van der Waals surface area contributed by atoms with Crippen LogP contribution in [-0.4, -0.2) is 9.78 Å². The third kappa shape index (κ3) is 2.79. The molecular weight excluding hydrogens is 232 g/mol. The summed E-state index contributed by atoms with van der Waals surface area (Å²) in [5, 5.41) is 9.85. The van der Waals surface area contributed by atoms with Crippen molar-refractivity contribution >= 4 is 22.8 Å². The summed E-state index contributed by atoms with van der Waals surface area (Å²) in [4.78, 5) is 1.33. The first-order valence-electron chi connectivity index (χ1n) is 5.79. The molecule has 0 saturated heterocycles. The van der Waals surface area contributed by atoms with Crippen molar-refractivity contribution in [3.63, 3.8) is 0 Å². The molecule has 0 amide bonds. The van der Waals surface area contributed by atoms with Crippen molar-refractivity contribution < 1.29 is 0 Å². The molecule has 17 heavy (non-hydrogen) atoms. The van der Waals surface area contributed by atoms with E-state index in [4.69, 9.17) is 5.73 Å². The minimum absolute atomic E-state index is 0.303. The zero-order valence-corrected chi connectivity index (χ0v) is 11.0.